The Morgan fingerprint density at radius 3 is 2.44 bits per heavy atom. The molecule has 218 valence electrons. The lowest BCUT2D eigenvalue weighted by molar-refractivity contribution is -0.138. The maximum Gasteiger partial charge on any atom is 0.470 e. The third-order valence-electron chi connectivity index (χ3n) is 6.42. The molecule has 0 aliphatic carbocycles. The number of carboxylic acid groups (broad SMARTS) is 1. The molecule has 13 heteroatoms. The summed E-state index contributed by atoms with van der Waals surface area (Å²) in [5, 5.41) is 24.3. The molecule has 0 saturated carbocycles. The van der Waals surface area contributed by atoms with Gasteiger partial charge in [0.2, 0.25) is 10.0 Å². The molecular formula is C28H27BrF3N3O5S. The van der Waals surface area contributed by atoms with Crippen molar-refractivity contribution in [3.05, 3.63) is 99.7 Å². The number of rotatable bonds is 11. The Balaban J connectivity index is 1.52. The predicted molar refractivity (Wildman–Crippen MR) is 151 cm³/mol. The number of nitrogens with zero attached hydrogens (tertiary/aromatic N) is 1. The van der Waals surface area contributed by atoms with E-state index in [0.717, 1.165) is 27.7 Å². The first-order valence-corrected chi connectivity index (χ1v) is 14.7. The standard InChI is InChI=1S/C28H27BrF3N3O5S/c1-17(33-15-26(36)20-5-3-6-22(29)13-20)10-18-8-9-24-21(11-18)14-25(27(37)38)35(24)16-19-4-2-7-23(12-19)41(39,40)34-28(30,31)32/h2-9,11-14,17,26,33-34,36H,10,15-16H2,1H3,(H,37,38). The van der Waals surface area contributed by atoms with Crippen molar-refractivity contribution in [3.8, 4) is 0 Å². The lowest BCUT2D eigenvalue weighted by Crippen LogP contribution is -2.37. The minimum atomic E-state index is -5.13. The average molecular weight is 655 g/mol. The molecule has 2 unspecified atom stereocenters. The van der Waals surface area contributed by atoms with Gasteiger partial charge in [-0.1, -0.05) is 46.3 Å². The second kappa shape index (κ2) is 12.3. The molecule has 4 N–H and O–H groups in total. The predicted octanol–water partition coefficient (Wildman–Crippen LogP) is 5.20. The number of halogens is 4. The van der Waals surface area contributed by atoms with Gasteiger partial charge in [0.25, 0.3) is 0 Å². The van der Waals surface area contributed by atoms with Crippen molar-refractivity contribution >= 4 is 42.8 Å². The molecule has 1 aromatic heterocycles. The van der Waals surface area contributed by atoms with Crippen LogP contribution in [0.25, 0.3) is 10.9 Å². The Bertz CT molecular complexity index is 1670. The van der Waals surface area contributed by atoms with Crippen LogP contribution >= 0.6 is 15.9 Å². The van der Waals surface area contributed by atoms with E-state index in [2.05, 4.69) is 21.2 Å². The second-order valence-electron chi connectivity index (χ2n) is 9.65. The summed E-state index contributed by atoms with van der Waals surface area (Å²) in [6.45, 7) is 2.23. The van der Waals surface area contributed by atoms with E-state index in [9.17, 15) is 36.6 Å². The smallest absolute Gasteiger partial charge is 0.470 e. The lowest BCUT2D eigenvalue weighted by Gasteiger charge is -2.18. The minimum absolute atomic E-state index is 0.00900. The number of hydrogen-bond donors (Lipinski definition) is 4. The Kier molecular flexibility index (Phi) is 9.24. The first-order chi connectivity index (χ1) is 19.2. The monoisotopic (exact) mass is 653 g/mol. The highest BCUT2D eigenvalue weighted by atomic mass is 79.9. The van der Waals surface area contributed by atoms with E-state index in [-0.39, 0.29) is 18.3 Å². The van der Waals surface area contributed by atoms with E-state index in [1.165, 1.54) is 22.8 Å². The number of sulfonamides is 1. The fourth-order valence-corrected chi connectivity index (χ4v) is 5.97. The molecule has 3 aromatic carbocycles. The van der Waals surface area contributed by atoms with Gasteiger partial charge >= 0.3 is 12.3 Å². The molecule has 0 amide bonds. The summed E-state index contributed by atoms with van der Waals surface area (Å²) in [4.78, 5) is 11.4. The van der Waals surface area contributed by atoms with Crippen LogP contribution in [0, 0.1) is 0 Å². The highest BCUT2D eigenvalue weighted by Gasteiger charge is 2.35. The number of benzene rings is 3. The Hall–Kier alpha value is -3.23. The van der Waals surface area contributed by atoms with E-state index in [1.54, 1.807) is 6.07 Å². The largest absolute Gasteiger partial charge is 0.477 e. The molecule has 0 aliphatic heterocycles. The van der Waals surface area contributed by atoms with Gasteiger partial charge in [0.1, 0.15) is 5.69 Å². The van der Waals surface area contributed by atoms with Crippen LogP contribution in [0.2, 0.25) is 0 Å². The Morgan fingerprint density at radius 2 is 1.76 bits per heavy atom. The zero-order valence-electron chi connectivity index (χ0n) is 21.7. The van der Waals surface area contributed by atoms with Crippen LogP contribution in [0.4, 0.5) is 13.2 Å². The first-order valence-electron chi connectivity index (χ1n) is 12.4. The molecule has 0 spiro atoms. The van der Waals surface area contributed by atoms with Gasteiger partial charge in [-0.2, -0.15) is 13.2 Å². The fourth-order valence-electron chi connectivity index (χ4n) is 4.57. The van der Waals surface area contributed by atoms with E-state index in [1.807, 2.05) is 43.3 Å². The normalized spacial score (nSPS) is 13.8. The number of aromatic nitrogens is 1. The maximum absolute atomic E-state index is 12.7. The second-order valence-corrected chi connectivity index (χ2v) is 12.2. The number of carbonyl (C=O) groups is 1. The number of nitrogens with one attached hydrogen (secondary N) is 2. The third-order valence-corrected chi connectivity index (χ3v) is 8.29. The van der Waals surface area contributed by atoms with E-state index < -0.39 is 33.3 Å². The molecule has 2 atom stereocenters. The number of carboxylic acids is 1. The summed E-state index contributed by atoms with van der Waals surface area (Å²) < 4.78 is 65.2. The van der Waals surface area contributed by atoms with Crippen LogP contribution in [0.3, 0.4) is 0 Å². The van der Waals surface area contributed by atoms with Gasteiger partial charge in [0, 0.05) is 34.5 Å². The van der Waals surface area contributed by atoms with Crippen molar-refractivity contribution in [3.63, 3.8) is 0 Å². The van der Waals surface area contributed by atoms with E-state index in [4.69, 9.17) is 0 Å². The van der Waals surface area contributed by atoms with Crippen molar-refractivity contribution in [2.24, 2.45) is 0 Å². The van der Waals surface area contributed by atoms with Crippen LogP contribution in [-0.2, 0) is 23.0 Å². The number of aromatic carboxylic acids is 1. The van der Waals surface area contributed by atoms with Gasteiger partial charge in [-0.25, -0.2) is 13.2 Å². The quantitative estimate of drug-likeness (QED) is 0.165. The zero-order valence-corrected chi connectivity index (χ0v) is 24.1. The van der Waals surface area contributed by atoms with Gasteiger partial charge in [-0.05, 0) is 72.5 Å². The van der Waals surface area contributed by atoms with Gasteiger partial charge in [-0.3, -0.25) is 0 Å². The van der Waals surface area contributed by atoms with Crippen molar-refractivity contribution < 1.29 is 36.6 Å². The van der Waals surface area contributed by atoms with Crippen molar-refractivity contribution in [1.29, 1.82) is 0 Å². The summed E-state index contributed by atoms with van der Waals surface area (Å²) in [6.07, 6.45) is -5.23. The van der Waals surface area contributed by atoms with Crippen molar-refractivity contribution in [1.82, 2.24) is 14.6 Å². The SMILES string of the molecule is CC(Cc1ccc2c(c1)cc(C(=O)O)n2Cc1cccc(S(=O)(=O)NC(F)(F)F)c1)NCC(O)c1cccc(Br)c1. The molecule has 1 heterocycles. The molecule has 41 heavy (non-hydrogen) atoms. The average Bonchev–Trinajstić information content (AvgIpc) is 3.24. The van der Waals surface area contributed by atoms with Crippen molar-refractivity contribution in [2.75, 3.05) is 6.54 Å². The van der Waals surface area contributed by atoms with Crippen LogP contribution in [0.1, 0.15) is 40.2 Å². The molecule has 0 aliphatic rings. The summed E-state index contributed by atoms with van der Waals surface area (Å²) in [7, 11) is -4.86. The number of hydrogen-bond acceptors (Lipinski definition) is 5. The number of alkyl halides is 3. The lowest BCUT2D eigenvalue weighted by atomic mass is 10.0. The first kappa shape index (κ1) is 30.7. The number of fused-ring (bicyclic) bond motifs is 1. The summed E-state index contributed by atoms with van der Waals surface area (Å²) in [6, 6.07) is 19.3. The van der Waals surface area contributed by atoms with E-state index >= 15 is 0 Å². The van der Waals surface area contributed by atoms with Crippen LogP contribution in [-0.4, -0.2) is 48.1 Å². The van der Waals surface area contributed by atoms with Gasteiger partial charge < -0.3 is 20.1 Å². The number of aliphatic hydroxyl groups is 1. The van der Waals surface area contributed by atoms with Crippen LogP contribution in [0.15, 0.2) is 82.2 Å². The van der Waals surface area contributed by atoms with Gasteiger partial charge in [-0.15, -0.1) is 4.72 Å². The highest BCUT2D eigenvalue weighted by Crippen LogP contribution is 2.25. The highest BCUT2D eigenvalue weighted by molar-refractivity contribution is 9.10. The summed E-state index contributed by atoms with van der Waals surface area (Å²) >= 11 is 3.39. The Labute approximate surface area is 243 Å². The Morgan fingerprint density at radius 1 is 1.02 bits per heavy atom. The minimum Gasteiger partial charge on any atom is -0.477 e. The zero-order chi connectivity index (χ0) is 29.9. The fraction of sp³-hybridized carbons (Fsp3) is 0.250. The van der Waals surface area contributed by atoms with Crippen LogP contribution < -0.4 is 10.0 Å². The van der Waals surface area contributed by atoms with E-state index in [0.29, 0.717) is 34.2 Å². The summed E-state index contributed by atoms with van der Waals surface area (Å²) in [5.41, 5.74) is 2.53. The van der Waals surface area contributed by atoms with Gasteiger partial charge in [0.15, 0.2) is 0 Å². The van der Waals surface area contributed by atoms with Crippen molar-refractivity contribution in [2.45, 2.75) is 43.2 Å². The van der Waals surface area contributed by atoms with Crippen LogP contribution in [0.5, 0.6) is 0 Å². The third kappa shape index (κ3) is 7.95. The molecule has 4 aromatic rings. The molecule has 4 rings (SSSR count). The summed E-state index contributed by atoms with van der Waals surface area (Å²) in [5.74, 6) is -1.21. The maximum atomic E-state index is 12.7. The molecule has 0 saturated heterocycles. The van der Waals surface area contributed by atoms with Gasteiger partial charge in [0.05, 0.1) is 11.0 Å². The molecule has 0 bridgehead atoms. The molecule has 8 nitrogen and oxygen atoms in total. The molecular weight excluding hydrogens is 627 g/mol. The topological polar surface area (TPSA) is 121 Å². The molecule has 0 fully saturated rings. The molecule has 0 radical (unpaired) electrons. The number of aliphatic hydroxyl groups excluding tert-OH is 1.